The number of aliphatic hydroxyl groups excluding tert-OH is 1. The van der Waals surface area contributed by atoms with Crippen LogP contribution in [0.3, 0.4) is 0 Å². The number of anilines is 2. The Balaban J connectivity index is 1.98. The van der Waals surface area contributed by atoms with E-state index >= 15 is 0 Å². The van der Waals surface area contributed by atoms with E-state index in [0.29, 0.717) is 12.6 Å². The predicted octanol–water partition coefficient (Wildman–Crippen LogP) is 1.78. The Labute approximate surface area is 106 Å². The van der Waals surface area contributed by atoms with Crippen LogP contribution in [0.5, 0.6) is 0 Å². The molecule has 2 aromatic rings. The van der Waals surface area contributed by atoms with E-state index in [1.807, 2.05) is 30.3 Å². The standard InChI is InChI=1S/C14H17N3O/c15-11-2-5-13-10(9-11)1-6-14(16-13)17(7-8-18)12-3-4-12/h1-2,5-6,9,12,18H,3-4,7-8,15H2. The molecule has 3 rings (SSSR count). The molecule has 3 N–H and O–H groups in total. The lowest BCUT2D eigenvalue weighted by atomic mass is 10.2. The third kappa shape index (κ3) is 2.11. The fraction of sp³-hybridized carbons (Fsp3) is 0.357. The zero-order chi connectivity index (χ0) is 12.5. The van der Waals surface area contributed by atoms with E-state index in [1.54, 1.807) is 0 Å². The third-order valence-corrected chi connectivity index (χ3v) is 3.32. The Morgan fingerprint density at radius 2 is 2.11 bits per heavy atom. The molecule has 1 aromatic heterocycles. The number of aliphatic hydroxyl groups is 1. The van der Waals surface area contributed by atoms with Gasteiger partial charge in [-0.05, 0) is 43.2 Å². The van der Waals surface area contributed by atoms with E-state index in [4.69, 9.17) is 10.8 Å². The van der Waals surface area contributed by atoms with Crippen LogP contribution < -0.4 is 10.6 Å². The Kier molecular flexibility index (Phi) is 2.80. The summed E-state index contributed by atoms with van der Waals surface area (Å²) < 4.78 is 0. The van der Waals surface area contributed by atoms with Crippen molar-refractivity contribution in [3.8, 4) is 0 Å². The van der Waals surface area contributed by atoms with Gasteiger partial charge in [-0.3, -0.25) is 0 Å². The molecule has 4 heteroatoms. The van der Waals surface area contributed by atoms with Crippen LogP contribution in [-0.2, 0) is 0 Å². The molecular formula is C14H17N3O. The molecule has 1 aliphatic carbocycles. The van der Waals surface area contributed by atoms with Gasteiger partial charge in [0.2, 0.25) is 0 Å². The van der Waals surface area contributed by atoms with Gasteiger partial charge in [-0.2, -0.15) is 0 Å². The van der Waals surface area contributed by atoms with E-state index < -0.39 is 0 Å². The SMILES string of the molecule is Nc1ccc2nc(N(CCO)C3CC3)ccc2c1. The molecule has 0 saturated heterocycles. The van der Waals surface area contributed by atoms with Crippen molar-refractivity contribution in [3.63, 3.8) is 0 Å². The molecule has 18 heavy (non-hydrogen) atoms. The molecule has 1 saturated carbocycles. The molecule has 94 valence electrons. The van der Waals surface area contributed by atoms with Crippen molar-refractivity contribution >= 4 is 22.4 Å². The van der Waals surface area contributed by atoms with Crippen LogP contribution in [-0.4, -0.2) is 29.3 Å². The van der Waals surface area contributed by atoms with Crippen LogP contribution in [0.4, 0.5) is 11.5 Å². The average molecular weight is 243 g/mol. The number of hydrogen-bond acceptors (Lipinski definition) is 4. The predicted molar refractivity (Wildman–Crippen MR) is 73.6 cm³/mol. The maximum Gasteiger partial charge on any atom is 0.129 e. The van der Waals surface area contributed by atoms with Crippen LogP contribution in [0.25, 0.3) is 10.9 Å². The van der Waals surface area contributed by atoms with E-state index in [1.165, 1.54) is 12.8 Å². The molecule has 4 nitrogen and oxygen atoms in total. The Bertz CT molecular complexity index is 566. The second-order valence-corrected chi connectivity index (χ2v) is 4.77. The summed E-state index contributed by atoms with van der Waals surface area (Å²) in [6.45, 7) is 0.816. The van der Waals surface area contributed by atoms with Gasteiger partial charge in [0.05, 0.1) is 12.1 Å². The third-order valence-electron chi connectivity index (χ3n) is 3.32. The lowest BCUT2D eigenvalue weighted by Crippen LogP contribution is -2.29. The first-order valence-electron chi connectivity index (χ1n) is 6.32. The van der Waals surface area contributed by atoms with E-state index in [9.17, 15) is 0 Å². The molecule has 0 unspecified atom stereocenters. The Morgan fingerprint density at radius 3 is 2.83 bits per heavy atom. The first kappa shape index (κ1) is 11.3. The van der Waals surface area contributed by atoms with Gasteiger partial charge in [0.25, 0.3) is 0 Å². The maximum absolute atomic E-state index is 9.14. The summed E-state index contributed by atoms with van der Waals surface area (Å²) in [6, 6.07) is 10.3. The fourth-order valence-electron chi connectivity index (χ4n) is 2.27. The van der Waals surface area contributed by atoms with Gasteiger partial charge < -0.3 is 15.7 Å². The molecule has 0 bridgehead atoms. The maximum atomic E-state index is 9.14. The minimum absolute atomic E-state index is 0.165. The zero-order valence-electron chi connectivity index (χ0n) is 10.2. The number of rotatable bonds is 4. The first-order valence-corrected chi connectivity index (χ1v) is 6.32. The molecule has 0 spiro atoms. The normalized spacial score (nSPS) is 14.9. The largest absolute Gasteiger partial charge is 0.399 e. The smallest absolute Gasteiger partial charge is 0.129 e. The number of nitrogen functional groups attached to an aromatic ring is 1. The summed E-state index contributed by atoms with van der Waals surface area (Å²) in [5, 5.41) is 10.2. The van der Waals surface area contributed by atoms with Gasteiger partial charge in [-0.15, -0.1) is 0 Å². The Hall–Kier alpha value is -1.81. The highest BCUT2D eigenvalue weighted by atomic mass is 16.3. The summed E-state index contributed by atoms with van der Waals surface area (Å²) in [4.78, 5) is 6.85. The van der Waals surface area contributed by atoms with Crippen LogP contribution in [0.1, 0.15) is 12.8 Å². The number of pyridine rings is 1. The van der Waals surface area contributed by atoms with Crippen molar-refractivity contribution in [2.75, 3.05) is 23.8 Å². The monoisotopic (exact) mass is 243 g/mol. The number of nitrogens with zero attached hydrogens (tertiary/aromatic N) is 2. The minimum atomic E-state index is 0.165. The van der Waals surface area contributed by atoms with Crippen molar-refractivity contribution in [2.24, 2.45) is 0 Å². The minimum Gasteiger partial charge on any atom is -0.399 e. The molecule has 0 aliphatic heterocycles. The molecule has 0 atom stereocenters. The molecular weight excluding hydrogens is 226 g/mol. The molecule has 1 aliphatic rings. The molecule has 1 aromatic carbocycles. The summed E-state index contributed by atoms with van der Waals surface area (Å²) in [5.41, 5.74) is 7.46. The van der Waals surface area contributed by atoms with Crippen molar-refractivity contribution in [1.82, 2.24) is 4.98 Å². The second-order valence-electron chi connectivity index (χ2n) is 4.77. The molecule has 1 heterocycles. The van der Waals surface area contributed by atoms with Gasteiger partial charge in [-0.25, -0.2) is 4.98 Å². The number of nitrogens with two attached hydrogens (primary N) is 1. The average Bonchev–Trinajstić information content (AvgIpc) is 3.20. The summed E-state index contributed by atoms with van der Waals surface area (Å²) >= 11 is 0. The first-order chi connectivity index (χ1) is 8.78. The van der Waals surface area contributed by atoms with Gasteiger partial charge in [0.1, 0.15) is 5.82 Å². The highest BCUT2D eigenvalue weighted by molar-refractivity contribution is 5.83. The van der Waals surface area contributed by atoms with Crippen LogP contribution in [0.15, 0.2) is 30.3 Å². The number of aromatic nitrogens is 1. The van der Waals surface area contributed by atoms with Crippen molar-refractivity contribution in [2.45, 2.75) is 18.9 Å². The van der Waals surface area contributed by atoms with Gasteiger partial charge in [0, 0.05) is 23.7 Å². The van der Waals surface area contributed by atoms with E-state index in [2.05, 4.69) is 9.88 Å². The highest BCUT2D eigenvalue weighted by Gasteiger charge is 2.29. The van der Waals surface area contributed by atoms with Gasteiger partial charge >= 0.3 is 0 Å². The molecule has 0 radical (unpaired) electrons. The van der Waals surface area contributed by atoms with E-state index in [-0.39, 0.29) is 6.61 Å². The van der Waals surface area contributed by atoms with Crippen molar-refractivity contribution in [3.05, 3.63) is 30.3 Å². The quantitative estimate of drug-likeness (QED) is 0.803. The number of hydrogen-bond donors (Lipinski definition) is 2. The van der Waals surface area contributed by atoms with Crippen molar-refractivity contribution < 1.29 is 5.11 Å². The van der Waals surface area contributed by atoms with Crippen LogP contribution in [0.2, 0.25) is 0 Å². The highest BCUT2D eigenvalue weighted by Crippen LogP contribution is 2.31. The topological polar surface area (TPSA) is 62.4 Å². The lowest BCUT2D eigenvalue weighted by molar-refractivity contribution is 0.301. The van der Waals surface area contributed by atoms with Crippen molar-refractivity contribution in [1.29, 1.82) is 0 Å². The number of fused-ring (bicyclic) bond motifs is 1. The van der Waals surface area contributed by atoms with Crippen LogP contribution in [0, 0.1) is 0 Å². The van der Waals surface area contributed by atoms with Gasteiger partial charge in [0.15, 0.2) is 0 Å². The van der Waals surface area contributed by atoms with E-state index in [0.717, 1.165) is 22.4 Å². The summed E-state index contributed by atoms with van der Waals surface area (Å²) in [7, 11) is 0. The molecule has 0 amide bonds. The lowest BCUT2D eigenvalue weighted by Gasteiger charge is -2.22. The van der Waals surface area contributed by atoms with Gasteiger partial charge in [-0.1, -0.05) is 0 Å². The second kappa shape index (κ2) is 4.46. The Morgan fingerprint density at radius 1 is 1.28 bits per heavy atom. The fourth-order valence-corrected chi connectivity index (χ4v) is 2.27. The summed E-state index contributed by atoms with van der Waals surface area (Å²) in [6.07, 6.45) is 2.39. The van der Waals surface area contributed by atoms with Crippen LogP contribution >= 0.6 is 0 Å². The zero-order valence-corrected chi connectivity index (χ0v) is 10.2. The molecule has 1 fully saturated rings. The summed E-state index contributed by atoms with van der Waals surface area (Å²) in [5.74, 6) is 0.948. The number of benzene rings is 1.